The summed E-state index contributed by atoms with van der Waals surface area (Å²) in [6.07, 6.45) is 2.03. The standard InChI is InChI=1S/C13H9BrO2/c14-10-6-4-8-2-1-7-3-5-9(13(15)16)12(10)11(7)8/h3-6H,1-2H2,(H,15,16). The second-order valence-corrected chi connectivity index (χ2v) is 4.89. The van der Waals surface area contributed by atoms with E-state index in [2.05, 4.69) is 22.0 Å². The molecule has 0 spiro atoms. The summed E-state index contributed by atoms with van der Waals surface area (Å²) in [5.74, 6) is -0.865. The Morgan fingerprint density at radius 3 is 2.31 bits per heavy atom. The summed E-state index contributed by atoms with van der Waals surface area (Å²) in [6, 6.07) is 7.67. The molecule has 0 amide bonds. The number of halogens is 1. The van der Waals surface area contributed by atoms with Gasteiger partial charge in [0.1, 0.15) is 0 Å². The number of rotatable bonds is 1. The van der Waals surface area contributed by atoms with Gasteiger partial charge < -0.3 is 5.11 Å². The predicted octanol–water partition coefficient (Wildman–Crippen LogP) is 3.40. The zero-order chi connectivity index (χ0) is 11.3. The third-order valence-electron chi connectivity index (χ3n) is 3.18. The maximum atomic E-state index is 11.2. The topological polar surface area (TPSA) is 37.3 Å². The lowest BCUT2D eigenvalue weighted by Gasteiger charge is -2.07. The van der Waals surface area contributed by atoms with Gasteiger partial charge in [0.15, 0.2) is 0 Å². The molecule has 0 aromatic heterocycles. The molecule has 1 aliphatic carbocycles. The lowest BCUT2D eigenvalue weighted by atomic mass is 10.00. The third kappa shape index (κ3) is 1.21. The Hall–Kier alpha value is -1.35. The largest absolute Gasteiger partial charge is 0.478 e. The molecule has 3 rings (SSSR count). The van der Waals surface area contributed by atoms with Crippen LogP contribution in [-0.4, -0.2) is 11.1 Å². The number of aromatic carboxylic acids is 1. The predicted molar refractivity (Wildman–Crippen MR) is 66.0 cm³/mol. The molecule has 2 nitrogen and oxygen atoms in total. The van der Waals surface area contributed by atoms with Gasteiger partial charge in [-0.05, 0) is 41.5 Å². The van der Waals surface area contributed by atoms with Crippen molar-refractivity contribution < 1.29 is 9.90 Å². The number of hydrogen-bond acceptors (Lipinski definition) is 1. The van der Waals surface area contributed by atoms with Crippen molar-refractivity contribution in [2.45, 2.75) is 12.8 Å². The maximum Gasteiger partial charge on any atom is 0.336 e. The normalized spacial score (nSPS) is 13.3. The maximum absolute atomic E-state index is 11.2. The van der Waals surface area contributed by atoms with Crippen molar-refractivity contribution in [3.63, 3.8) is 0 Å². The van der Waals surface area contributed by atoms with E-state index in [1.54, 1.807) is 6.07 Å². The average Bonchev–Trinajstić information content (AvgIpc) is 2.67. The Kier molecular flexibility index (Phi) is 2.04. The van der Waals surface area contributed by atoms with Gasteiger partial charge in [-0.1, -0.05) is 28.1 Å². The highest BCUT2D eigenvalue weighted by Gasteiger charge is 2.20. The lowest BCUT2D eigenvalue weighted by Crippen LogP contribution is -1.98. The van der Waals surface area contributed by atoms with Crippen molar-refractivity contribution in [1.82, 2.24) is 0 Å². The first kappa shape index (κ1) is 9.85. The molecule has 0 saturated heterocycles. The van der Waals surface area contributed by atoms with Crippen molar-refractivity contribution in [1.29, 1.82) is 0 Å². The minimum absolute atomic E-state index is 0.384. The van der Waals surface area contributed by atoms with Gasteiger partial charge in [0, 0.05) is 9.86 Å². The van der Waals surface area contributed by atoms with E-state index in [4.69, 9.17) is 0 Å². The fraction of sp³-hybridized carbons (Fsp3) is 0.154. The van der Waals surface area contributed by atoms with Crippen molar-refractivity contribution in [3.8, 4) is 0 Å². The smallest absolute Gasteiger partial charge is 0.336 e. The summed E-state index contributed by atoms with van der Waals surface area (Å²) in [4.78, 5) is 11.2. The number of carboxylic acid groups (broad SMARTS) is 1. The number of benzene rings is 2. The van der Waals surface area contributed by atoms with Gasteiger partial charge in [-0.25, -0.2) is 4.79 Å². The first-order valence-corrected chi connectivity index (χ1v) is 5.94. The van der Waals surface area contributed by atoms with Crippen LogP contribution in [0.15, 0.2) is 28.7 Å². The molecule has 0 atom stereocenters. The monoisotopic (exact) mass is 276 g/mol. The molecule has 2 aromatic rings. The molecule has 3 heteroatoms. The van der Waals surface area contributed by atoms with E-state index < -0.39 is 5.97 Å². The first-order valence-electron chi connectivity index (χ1n) is 5.15. The van der Waals surface area contributed by atoms with E-state index in [1.807, 2.05) is 12.1 Å². The second-order valence-electron chi connectivity index (χ2n) is 4.03. The van der Waals surface area contributed by atoms with Crippen LogP contribution in [0.4, 0.5) is 0 Å². The zero-order valence-corrected chi connectivity index (χ0v) is 10.0. The molecule has 0 unspecified atom stereocenters. The van der Waals surface area contributed by atoms with E-state index in [1.165, 1.54) is 11.1 Å². The first-order chi connectivity index (χ1) is 7.68. The third-order valence-corrected chi connectivity index (χ3v) is 3.84. The van der Waals surface area contributed by atoms with Gasteiger partial charge in [-0.15, -0.1) is 0 Å². The van der Waals surface area contributed by atoms with Crippen LogP contribution in [0.3, 0.4) is 0 Å². The second kappa shape index (κ2) is 3.32. The summed E-state index contributed by atoms with van der Waals surface area (Å²) < 4.78 is 0.868. The Morgan fingerprint density at radius 1 is 1.06 bits per heavy atom. The van der Waals surface area contributed by atoms with E-state index in [9.17, 15) is 9.90 Å². The highest BCUT2D eigenvalue weighted by atomic mass is 79.9. The van der Waals surface area contributed by atoms with Crippen LogP contribution in [0.1, 0.15) is 21.5 Å². The summed E-state index contributed by atoms with van der Waals surface area (Å²) >= 11 is 3.45. The number of hydrogen-bond donors (Lipinski definition) is 1. The summed E-state index contributed by atoms with van der Waals surface area (Å²) in [5, 5.41) is 11.2. The molecule has 1 N–H and O–H groups in total. The minimum atomic E-state index is -0.865. The Morgan fingerprint density at radius 2 is 1.69 bits per heavy atom. The van der Waals surface area contributed by atoms with Crippen molar-refractivity contribution in [2.24, 2.45) is 0 Å². The number of carbonyl (C=O) groups is 1. The minimum Gasteiger partial charge on any atom is -0.478 e. The van der Waals surface area contributed by atoms with Crippen molar-refractivity contribution >= 4 is 32.7 Å². The Labute approximate surface area is 101 Å². The quantitative estimate of drug-likeness (QED) is 0.867. The number of aryl methyl sites for hydroxylation is 2. The highest BCUT2D eigenvalue weighted by Crippen LogP contribution is 2.37. The van der Waals surface area contributed by atoms with Gasteiger partial charge in [-0.3, -0.25) is 0 Å². The van der Waals surface area contributed by atoms with E-state index in [0.29, 0.717) is 5.56 Å². The fourth-order valence-corrected chi connectivity index (χ4v) is 3.01. The number of carboxylic acids is 1. The molecule has 16 heavy (non-hydrogen) atoms. The summed E-state index contributed by atoms with van der Waals surface area (Å²) in [5.41, 5.74) is 2.90. The summed E-state index contributed by atoms with van der Waals surface area (Å²) in [6.45, 7) is 0. The molecule has 0 aliphatic heterocycles. The Balaban J connectivity index is 2.53. The molecule has 80 valence electrons. The van der Waals surface area contributed by atoms with Crippen LogP contribution in [0.5, 0.6) is 0 Å². The van der Waals surface area contributed by atoms with E-state index in [-0.39, 0.29) is 0 Å². The van der Waals surface area contributed by atoms with Gasteiger partial charge in [0.25, 0.3) is 0 Å². The Bertz CT molecular complexity index is 607. The molecule has 0 saturated carbocycles. The molecule has 1 aliphatic rings. The van der Waals surface area contributed by atoms with Crippen molar-refractivity contribution in [3.05, 3.63) is 45.4 Å². The molecular formula is C13H9BrO2. The lowest BCUT2D eigenvalue weighted by molar-refractivity contribution is 0.0699. The van der Waals surface area contributed by atoms with Crippen LogP contribution in [0.2, 0.25) is 0 Å². The molecule has 0 fully saturated rings. The SMILES string of the molecule is O=C(O)c1ccc2c3c(ccc(Br)c13)CC2. The highest BCUT2D eigenvalue weighted by molar-refractivity contribution is 9.10. The van der Waals surface area contributed by atoms with Gasteiger partial charge in [0.05, 0.1) is 5.56 Å². The van der Waals surface area contributed by atoms with Crippen LogP contribution >= 0.6 is 15.9 Å². The van der Waals surface area contributed by atoms with E-state index in [0.717, 1.165) is 28.1 Å². The van der Waals surface area contributed by atoms with Crippen LogP contribution in [-0.2, 0) is 12.8 Å². The molecular weight excluding hydrogens is 268 g/mol. The fourth-order valence-electron chi connectivity index (χ4n) is 2.47. The van der Waals surface area contributed by atoms with Crippen LogP contribution in [0, 0.1) is 0 Å². The summed E-state index contributed by atoms with van der Waals surface area (Å²) in [7, 11) is 0. The van der Waals surface area contributed by atoms with Crippen LogP contribution in [0.25, 0.3) is 10.8 Å². The zero-order valence-electron chi connectivity index (χ0n) is 8.46. The van der Waals surface area contributed by atoms with Crippen LogP contribution < -0.4 is 0 Å². The van der Waals surface area contributed by atoms with Gasteiger partial charge in [-0.2, -0.15) is 0 Å². The van der Waals surface area contributed by atoms with Gasteiger partial charge in [0.2, 0.25) is 0 Å². The van der Waals surface area contributed by atoms with E-state index >= 15 is 0 Å². The molecule has 2 aromatic carbocycles. The molecule has 0 heterocycles. The van der Waals surface area contributed by atoms with Gasteiger partial charge >= 0.3 is 5.97 Å². The van der Waals surface area contributed by atoms with Crippen molar-refractivity contribution in [2.75, 3.05) is 0 Å². The molecule has 0 bridgehead atoms. The average molecular weight is 277 g/mol. The molecule has 0 radical (unpaired) electrons.